The number of Topliss-reactive ketones (excluding diaryl/α,β-unsaturated/α-hetero) is 1. The number of hydrogen-bond acceptors (Lipinski definition) is 8. The van der Waals surface area contributed by atoms with E-state index in [-0.39, 0.29) is 48.3 Å². The quantitative estimate of drug-likeness (QED) is 0.100. The lowest BCUT2D eigenvalue weighted by Gasteiger charge is -2.38. The van der Waals surface area contributed by atoms with Gasteiger partial charge in [0.25, 0.3) is 0 Å². The molecular formula is C37H70O9. The summed E-state index contributed by atoms with van der Waals surface area (Å²) < 4.78 is 11.8. The van der Waals surface area contributed by atoms with Crippen molar-refractivity contribution in [2.24, 2.45) is 29.6 Å². The lowest BCUT2D eigenvalue weighted by molar-refractivity contribution is -0.148. The summed E-state index contributed by atoms with van der Waals surface area (Å²) in [6, 6.07) is 0. The van der Waals surface area contributed by atoms with Gasteiger partial charge in [-0.25, -0.2) is 0 Å². The smallest absolute Gasteiger partial charge is 0.305 e. The monoisotopic (exact) mass is 659 g/mol. The predicted molar refractivity (Wildman–Crippen MR) is 184 cm³/mol. The molecule has 2 fully saturated rings. The van der Waals surface area contributed by atoms with Crippen LogP contribution in [0.1, 0.15) is 132 Å². The zero-order valence-corrected chi connectivity index (χ0v) is 30.3. The maximum absolute atomic E-state index is 12.9. The van der Waals surface area contributed by atoms with Gasteiger partial charge in [-0.05, 0) is 94.3 Å². The van der Waals surface area contributed by atoms with Gasteiger partial charge in [-0.15, -0.1) is 0 Å². The van der Waals surface area contributed by atoms with Crippen LogP contribution in [0.3, 0.4) is 0 Å². The standard InChI is InChI=1S/C34H60O8.C2H6.CH4O/c1-22(12-16-30(37)25(4)20-26(5)34-23(2)13-15-28(42-34)21-33(39)40)19-24(3)29(36)10-8-9-27(35)14-17-31(38)32-11-6-7-18-41-32;2*1-2/h8,10,22-29,31-32,34-36,38H,6-7,9,11-21H2,1-5H3,(H,39,40);1-2H3;2H,1H3/b10-8-;;/t22?,23-,24?,25?,26-,27?,28?,29?,31?,32?,34+;;/m0../s1. The normalized spacial score (nSPS) is 26.3. The molecule has 0 amide bonds. The predicted octanol–water partition coefficient (Wildman–Crippen LogP) is 6.33. The van der Waals surface area contributed by atoms with Crippen molar-refractivity contribution < 1.29 is 44.6 Å². The Kier molecular flexibility index (Phi) is 24.9. The van der Waals surface area contributed by atoms with Gasteiger partial charge in [0.05, 0.1) is 43.0 Å². The Morgan fingerprint density at radius 2 is 1.59 bits per heavy atom. The van der Waals surface area contributed by atoms with Gasteiger partial charge in [-0.3, -0.25) is 9.59 Å². The van der Waals surface area contributed by atoms with Crippen LogP contribution < -0.4 is 0 Å². The van der Waals surface area contributed by atoms with E-state index in [4.69, 9.17) is 19.7 Å². The molecule has 0 aromatic heterocycles. The third kappa shape index (κ3) is 18.3. The molecule has 0 radical (unpaired) electrons. The Morgan fingerprint density at radius 1 is 0.913 bits per heavy atom. The molecule has 0 aliphatic carbocycles. The maximum atomic E-state index is 12.9. The minimum atomic E-state index is -0.830. The van der Waals surface area contributed by atoms with Crippen LogP contribution in [-0.4, -0.2) is 87.6 Å². The Balaban J connectivity index is 0.00000486. The summed E-state index contributed by atoms with van der Waals surface area (Å²) in [5, 5.41) is 47.3. The van der Waals surface area contributed by atoms with Crippen molar-refractivity contribution in [1.82, 2.24) is 0 Å². The molecule has 2 saturated heterocycles. The summed E-state index contributed by atoms with van der Waals surface area (Å²) in [6.07, 6.45) is 10.5. The molecule has 0 spiro atoms. The molecule has 0 aromatic carbocycles. The topological polar surface area (TPSA) is 154 Å². The molecule has 2 rings (SSSR count). The SMILES string of the molecule is CC.CC(CCC(=O)C(C)C[C@H](C)[C@@H]1OC(CC(=O)O)CC[C@@H]1C)CC(C)C(O)/C=C\CC(O)CCC(O)C1CCCCO1.CO. The molecule has 272 valence electrons. The van der Waals surface area contributed by atoms with Gasteiger partial charge in [-0.2, -0.15) is 0 Å². The van der Waals surface area contributed by atoms with Gasteiger partial charge in [0.1, 0.15) is 5.78 Å². The van der Waals surface area contributed by atoms with Gasteiger partial charge < -0.3 is 35.0 Å². The third-order valence-electron chi connectivity index (χ3n) is 9.51. The molecule has 9 heteroatoms. The van der Waals surface area contributed by atoms with Crippen LogP contribution in [0, 0.1) is 29.6 Å². The van der Waals surface area contributed by atoms with Crippen molar-refractivity contribution in [3.63, 3.8) is 0 Å². The van der Waals surface area contributed by atoms with Crippen LogP contribution in [0.5, 0.6) is 0 Å². The maximum Gasteiger partial charge on any atom is 0.305 e. The number of carbonyl (C=O) groups is 2. The number of ketones is 1. The van der Waals surface area contributed by atoms with Gasteiger partial charge in [0.15, 0.2) is 0 Å². The van der Waals surface area contributed by atoms with Crippen LogP contribution in [-0.2, 0) is 19.1 Å². The minimum absolute atomic E-state index is 0.0171. The molecular weight excluding hydrogens is 588 g/mol. The van der Waals surface area contributed by atoms with E-state index in [1.807, 2.05) is 33.8 Å². The number of aliphatic carboxylic acids is 1. The average Bonchev–Trinajstić information content (AvgIpc) is 3.05. The highest BCUT2D eigenvalue weighted by Crippen LogP contribution is 2.34. The number of carboxylic acids is 1. The molecule has 0 bridgehead atoms. The first-order chi connectivity index (χ1) is 21.9. The second-order valence-electron chi connectivity index (χ2n) is 13.7. The van der Waals surface area contributed by atoms with Crippen LogP contribution in [0.2, 0.25) is 0 Å². The first kappa shape index (κ1) is 44.6. The van der Waals surface area contributed by atoms with E-state index in [0.29, 0.717) is 44.1 Å². The highest BCUT2D eigenvalue weighted by molar-refractivity contribution is 5.80. The van der Waals surface area contributed by atoms with Crippen LogP contribution in [0.4, 0.5) is 0 Å². The van der Waals surface area contributed by atoms with Crippen molar-refractivity contribution in [1.29, 1.82) is 0 Å². The van der Waals surface area contributed by atoms with Crippen LogP contribution in [0.15, 0.2) is 12.2 Å². The van der Waals surface area contributed by atoms with E-state index >= 15 is 0 Å². The van der Waals surface area contributed by atoms with E-state index in [0.717, 1.165) is 58.5 Å². The van der Waals surface area contributed by atoms with Gasteiger partial charge in [0, 0.05) is 26.1 Å². The lowest BCUT2D eigenvalue weighted by Crippen LogP contribution is -2.39. The van der Waals surface area contributed by atoms with Crippen molar-refractivity contribution in [3.8, 4) is 0 Å². The second-order valence-corrected chi connectivity index (χ2v) is 13.7. The zero-order valence-electron chi connectivity index (χ0n) is 30.3. The lowest BCUT2D eigenvalue weighted by atomic mass is 9.80. The number of hydrogen-bond donors (Lipinski definition) is 5. The summed E-state index contributed by atoms with van der Waals surface area (Å²) in [6.45, 7) is 15.1. The number of carboxylic acid groups (broad SMARTS) is 1. The van der Waals surface area contributed by atoms with E-state index in [1.165, 1.54) is 0 Å². The molecule has 11 atom stereocenters. The van der Waals surface area contributed by atoms with E-state index in [9.17, 15) is 24.9 Å². The van der Waals surface area contributed by atoms with Crippen molar-refractivity contribution >= 4 is 11.8 Å². The van der Waals surface area contributed by atoms with Gasteiger partial charge in [0.2, 0.25) is 0 Å². The molecule has 46 heavy (non-hydrogen) atoms. The molecule has 8 unspecified atom stereocenters. The van der Waals surface area contributed by atoms with E-state index in [2.05, 4.69) is 20.8 Å². The van der Waals surface area contributed by atoms with E-state index in [1.54, 1.807) is 6.08 Å². The van der Waals surface area contributed by atoms with Crippen molar-refractivity contribution in [2.45, 2.75) is 169 Å². The highest BCUT2D eigenvalue weighted by atomic mass is 16.5. The summed E-state index contributed by atoms with van der Waals surface area (Å²) >= 11 is 0. The first-order valence-corrected chi connectivity index (χ1v) is 18.0. The third-order valence-corrected chi connectivity index (χ3v) is 9.51. The fourth-order valence-electron chi connectivity index (χ4n) is 6.73. The molecule has 2 heterocycles. The van der Waals surface area contributed by atoms with Gasteiger partial charge in [-0.1, -0.05) is 60.6 Å². The number of carbonyl (C=O) groups excluding carboxylic acids is 1. The molecule has 5 N–H and O–H groups in total. The summed E-state index contributed by atoms with van der Waals surface area (Å²) in [5.41, 5.74) is 0. The second kappa shape index (κ2) is 25.6. The molecule has 2 aliphatic rings. The number of aliphatic hydroxyl groups is 4. The fraction of sp³-hybridized carbons (Fsp3) is 0.892. The van der Waals surface area contributed by atoms with Crippen LogP contribution >= 0.6 is 0 Å². The number of rotatable bonds is 19. The summed E-state index contributed by atoms with van der Waals surface area (Å²) in [5.74, 6) is 0.219. The largest absolute Gasteiger partial charge is 0.481 e. The van der Waals surface area contributed by atoms with E-state index < -0.39 is 24.3 Å². The molecule has 0 aromatic rings. The van der Waals surface area contributed by atoms with Gasteiger partial charge >= 0.3 is 5.97 Å². The Bertz CT molecular complexity index is 813. The summed E-state index contributed by atoms with van der Waals surface area (Å²) in [7, 11) is 1.00. The average molecular weight is 659 g/mol. The number of aliphatic hydroxyl groups excluding tert-OH is 4. The molecule has 9 nitrogen and oxygen atoms in total. The Labute approximate surface area is 280 Å². The van der Waals surface area contributed by atoms with Crippen molar-refractivity contribution in [3.05, 3.63) is 12.2 Å². The first-order valence-electron chi connectivity index (χ1n) is 18.0. The molecule has 2 aliphatic heterocycles. The number of ether oxygens (including phenoxy) is 2. The Hall–Kier alpha value is -1.36. The summed E-state index contributed by atoms with van der Waals surface area (Å²) in [4.78, 5) is 24.1. The Morgan fingerprint density at radius 3 is 2.20 bits per heavy atom. The molecule has 0 saturated carbocycles. The van der Waals surface area contributed by atoms with Crippen molar-refractivity contribution in [2.75, 3.05) is 13.7 Å². The zero-order chi connectivity index (χ0) is 35.2. The fourth-order valence-corrected chi connectivity index (χ4v) is 6.73. The van der Waals surface area contributed by atoms with Crippen LogP contribution in [0.25, 0.3) is 0 Å². The minimum Gasteiger partial charge on any atom is -0.481 e. The highest BCUT2D eigenvalue weighted by Gasteiger charge is 2.34.